The maximum absolute atomic E-state index is 11.8. The molecule has 1 aliphatic heterocycles. The molecule has 0 aromatic carbocycles. The Bertz CT molecular complexity index is 373. The van der Waals surface area contributed by atoms with Crippen LogP contribution in [0.4, 0.5) is 0 Å². The summed E-state index contributed by atoms with van der Waals surface area (Å²) >= 11 is 0. The summed E-state index contributed by atoms with van der Waals surface area (Å²) in [7, 11) is 0. The van der Waals surface area contributed by atoms with Crippen LogP contribution >= 0.6 is 0 Å². The highest BCUT2D eigenvalue weighted by atomic mass is 16.3. The molecule has 1 heterocycles. The highest BCUT2D eigenvalue weighted by molar-refractivity contribution is 5.98. The van der Waals surface area contributed by atoms with Gasteiger partial charge in [0.1, 0.15) is 0 Å². The van der Waals surface area contributed by atoms with Crippen LogP contribution in [0, 0.1) is 0 Å². The SMILES string of the molecule is CCCCN(CCO)CC(=O)NC(=O)CN1CCCC1=O. The summed E-state index contributed by atoms with van der Waals surface area (Å²) in [5.74, 6) is -0.881. The number of aliphatic hydroxyl groups excluding tert-OH is 1. The van der Waals surface area contributed by atoms with Crippen molar-refractivity contribution in [3.8, 4) is 0 Å². The molecular formula is C14H25N3O4. The number of aliphatic hydroxyl groups is 1. The molecule has 2 N–H and O–H groups in total. The molecule has 0 atom stereocenters. The second kappa shape index (κ2) is 9.46. The second-order valence-electron chi connectivity index (χ2n) is 5.24. The number of unbranched alkanes of at least 4 members (excludes halogenated alkanes) is 1. The van der Waals surface area contributed by atoms with Gasteiger partial charge in [0, 0.05) is 19.5 Å². The smallest absolute Gasteiger partial charge is 0.246 e. The fraction of sp³-hybridized carbons (Fsp3) is 0.786. The molecule has 0 aromatic heterocycles. The number of hydrogen-bond acceptors (Lipinski definition) is 5. The molecule has 7 nitrogen and oxygen atoms in total. The largest absolute Gasteiger partial charge is 0.395 e. The first-order valence-corrected chi connectivity index (χ1v) is 7.50. The minimum Gasteiger partial charge on any atom is -0.395 e. The molecule has 1 saturated heterocycles. The molecule has 0 radical (unpaired) electrons. The number of carbonyl (C=O) groups is 3. The second-order valence-corrected chi connectivity index (χ2v) is 5.24. The fourth-order valence-electron chi connectivity index (χ4n) is 2.28. The summed E-state index contributed by atoms with van der Waals surface area (Å²) < 4.78 is 0. The van der Waals surface area contributed by atoms with Crippen molar-refractivity contribution < 1.29 is 19.5 Å². The molecule has 1 rings (SSSR count). The Morgan fingerprint density at radius 1 is 1.33 bits per heavy atom. The highest BCUT2D eigenvalue weighted by Crippen LogP contribution is 2.08. The molecule has 7 heteroatoms. The first kappa shape index (κ1) is 17.6. The normalized spacial score (nSPS) is 14.8. The van der Waals surface area contributed by atoms with Crippen LogP contribution in [0.15, 0.2) is 0 Å². The van der Waals surface area contributed by atoms with E-state index in [-0.39, 0.29) is 25.6 Å². The van der Waals surface area contributed by atoms with E-state index in [0.717, 1.165) is 19.3 Å². The zero-order valence-corrected chi connectivity index (χ0v) is 12.6. The summed E-state index contributed by atoms with van der Waals surface area (Å²) in [6.45, 7) is 3.75. The van der Waals surface area contributed by atoms with Gasteiger partial charge in [-0.2, -0.15) is 0 Å². The third kappa shape index (κ3) is 6.68. The van der Waals surface area contributed by atoms with Crippen molar-refractivity contribution in [2.24, 2.45) is 0 Å². The number of nitrogens with one attached hydrogen (secondary N) is 1. The number of imide groups is 1. The van der Waals surface area contributed by atoms with E-state index in [9.17, 15) is 14.4 Å². The van der Waals surface area contributed by atoms with E-state index < -0.39 is 11.8 Å². The van der Waals surface area contributed by atoms with Crippen LogP contribution in [0.1, 0.15) is 32.6 Å². The van der Waals surface area contributed by atoms with Crippen LogP contribution < -0.4 is 5.32 Å². The zero-order valence-electron chi connectivity index (χ0n) is 12.6. The molecule has 21 heavy (non-hydrogen) atoms. The van der Waals surface area contributed by atoms with Crippen molar-refractivity contribution in [3.05, 3.63) is 0 Å². The lowest BCUT2D eigenvalue weighted by Crippen LogP contribution is -2.45. The number of rotatable bonds is 9. The maximum Gasteiger partial charge on any atom is 0.246 e. The quantitative estimate of drug-likeness (QED) is 0.590. The molecular weight excluding hydrogens is 274 g/mol. The molecule has 0 saturated carbocycles. The van der Waals surface area contributed by atoms with E-state index >= 15 is 0 Å². The van der Waals surface area contributed by atoms with Gasteiger partial charge in [-0.25, -0.2) is 0 Å². The standard InChI is InChI=1S/C14H25N3O4/c1-2-3-6-16(8-9-18)10-12(19)15-13(20)11-17-7-4-5-14(17)21/h18H,2-11H2,1H3,(H,15,19,20). The van der Waals surface area contributed by atoms with E-state index in [1.54, 1.807) is 0 Å². The predicted molar refractivity (Wildman–Crippen MR) is 77.4 cm³/mol. The third-order valence-corrected chi connectivity index (χ3v) is 3.40. The number of hydrogen-bond donors (Lipinski definition) is 2. The summed E-state index contributed by atoms with van der Waals surface area (Å²) in [4.78, 5) is 38.2. The molecule has 1 fully saturated rings. The Balaban J connectivity index is 2.32. The minimum absolute atomic E-state index is 0.0206. The fourth-order valence-corrected chi connectivity index (χ4v) is 2.28. The van der Waals surface area contributed by atoms with Crippen LogP contribution in [-0.2, 0) is 14.4 Å². The Kier molecular flexibility index (Phi) is 7.92. The molecule has 1 aliphatic rings. The van der Waals surface area contributed by atoms with E-state index in [2.05, 4.69) is 5.32 Å². The Morgan fingerprint density at radius 2 is 2.10 bits per heavy atom. The number of nitrogens with zero attached hydrogens (tertiary/aromatic N) is 2. The van der Waals surface area contributed by atoms with Gasteiger partial charge >= 0.3 is 0 Å². The molecule has 0 aromatic rings. The van der Waals surface area contributed by atoms with Crippen LogP contribution in [0.25, 0.3) is 0 Å². The Morgan fingerprint density at radius 3 is 2.67 bits per heavy atom. The summed E-state index contributed by atoms with van der Waals surface area (Å²) in [5, 5.41) is 11.3. The van der Waals surface area contributed by atoms with Gasteiger partial charge in [0.15, 0.2) is 0 Å². The van der Waals surface area contributed by atoms with Crippen LogP contribution in [0.3, 0.4) is 0 Å². The van der Waals surface area contributed by atoms with Crippen molar-refractivity contribution in [2.45, 2.75) is 32.6 Å². The average Bonchev–Trinajstić information content (AvgIpc) is 2.81. The Labute approximate surface area is 125 Å². The van der Waals surface area contributed by atoms with Crippen molar-refractivity contribution in [1.82, 2.24) is 15.1 Å². The predicted octanol–water partition coefficient (Wildman–Crippen LogP) is -0.654. The lowest BCUT2D eigenvalue weighted by atomic mass is 10.3. The number of amides is 3. The van der Waals surface area contributed by atoms with E-state index in [4.69, 9.17) is 5.11 Å². The van der Waals surface area contributed by atoms with Gasteiger partial charge in [-0.15, -0.1) is 0 Å². The van der Waals surface area contributed by atoms with E-state index in [1.165, 1.54) is 4.90 Å². The van der Waals surface area contributed by atoms with Gasteiger partial charge < -0.3 is 10.0 Å². The first-order valence-electron chi connectivity index (χ1n) is 7.50. The lowest BCUT2D eigenvalue weighted by molar-refractivity contribution is -0.136. The van der Waals surface area contributed by atoms with Crippen LogP contribution in [-0.4, -0.2) is 72.0 Å². The number of likely N-dealkylation sites (tertiary alicyclic amines) is 1. The van der Waals surface area contributed by atoms with Gasteiger partial charge in [-0.05, 0) is 19.4 Å². The molecule has 0 aliphatic carbocycles. The first-order chi connectivity index (χ1) is 10.1. The van der Waals surface area contributed by atoms with Crippen molar-refractivity contribution >= 4 is 17.7 Å². The topological polar surface area (TPSA) is 89.9 Å². The van der Waals surface area contributed by atoms with Crippen LogP contribution in [0.5, 0.6) is 0 Å². The van der Waals surface area contributed by atoms with Gasteiger partial charge in [0.2, 0.25) is 17.7 Å². The molecule has 120 valence electrons. The van der Waals surface area contributed by atoms with Gasteiger partial charge in [-0.3, -0.25) is 24.6 Å². The maximum atomic E-state index is 11.8. The molecule has 0 spiro atoms. The Hall–Kier alpha value is -1.47. The van der Waals surface area contributed by atoms with E-state index in [0.29, 0.717) is 26.1 Å². The van der Waals surface area contributed by atoms with Crippen molar-refractivity contribution in [1.29, 1.82) is 0 Å². The average molecular weight is 299 g/mol. The van der Waals surface area contributed by atoms with E-state index in [1.807, 2.05) is 11.8 Å². The molecule has 3 amide bonds. The molecule has 0 bridgehead atoms. The third-order valence-electron chi connectivity index (χ3n) is 3.40. The molecule has 0 unspecified atom stereocenters. The lowest BCUT2D eigenvalue weighted by Gasteiger charge is -2.20. The monoisotopic (exact) mass is 299 g/mol. The zero-order chi connectivity index (χ0) is 15.7. The van der Waals surface area contributed by atoms with Gasteiger partial charge in [0.05, 0.1) is 19.7 Å². The summed E-state index contributed by atoms with van der Waals surface area (Å²) in [5.41, 5.74) is 0. The van der Waals surface area contributed by atoms with Crippen molar-refractivity contribution in [3.63, 3.8) is 0 Å². The minimum atomic E-state index is -0.449. The summed E-state index contributed by atoms with van der Waals surface area (Å²) in [6, 6.07) is 0. The highest BCUT2D eigenvalue weighted by Gasteiger charge is 2.23. The number of carbonyl (C=O) groups excluding carboxylic acids is 3. The van der Waals surface area contributed by atoms with Crippen molar-refractivity contribution in [2.75, 3.05) is 39.3 Å². The van der Waals surface area contributed by atoms with Gasteiger partial charge in [0.25, 0.3) is 0 Å². The van der Waals surface area contributed by atoms with Gasteiger partial charge in [-0.1, -0.05) is 13.3 Å². The van der Waals surface area contributed by atoms with Crippen LogP contribution in [0.2, 0.25) is 0 Å². The summed E-state index contributed by atoms with van der Waals surface area (Å²) in [6.07, 6.45) is 3.17.